The smallest absolute Gasteiger partial charge is 0.130 e. The van der Waals surface area contributed by atoms with Gasteiger partial charge in [0.05, 0.1) is 6.04 Å². The predicted octanol–water partition coefficient (Wildman–Crippen LogP) is 3.44. The number of hydrogen-bond acceptors (Lipinski definition) is 2. The number of hydrogen-bond donors (Lipinski definition) is 1. The molecule has 112 valence electrons. The molecule has 0 fully saturated rings. The van der Waals surface area contributed by atoms with Crippen LogP contribution in [0.15, 0.2) is 67.0 Å². The highest BCUT2D eigenvalue weighted by atomic mass is 19.1. The molecule has 4 heteroatoms. The molecular weight excluding hydrogens is 277 g/mol. The number of rotatable bonds is 5. The molecule has 1 aromatic heterocycles. The molecule has 0 spiro atoms. The Hall–Kier alpha value is -2.46. The molecule has 1 atom stereocenters. The fourth-order valence-electron chi connectivity index (χ4n) is 2.52. The molecule has 0 aliphatic heterocycles. The molecule has 0 saturated carbocycles. The number of benzene rings is 2. The zero-order valence-electron chi connectivity index (χ0n) is 12.4. The lowest BCUT2D eigenvalue weighted by molar-refractivity contribution is 0.551. The van der Waals surface area contributed by atoms with E-state index in [-0.39, 0.29) is 11.9 Å². The number of aryl methyl sites for hydroxylation is 1. The van der Waals surface area contributed by atoms with Crippen LogP contribution in [0.3, 0.4) is 0 Å². The van der Waals surface area contributed by atoms with Crippen molar-refractivity contribution in [3.05, 3.63) is 89.8 Å². The van der Waals surface area contributed by atoms with Crippen LogP contribution in [0.2, 0.25) is 0 Å². The second-order valence-electron chi connectivity index (χ2n) is 5.25. The van der Waals surface area contributed by atoms with E-state index in [1.165, 1.54) is 11.6 Å². The van der Waals surface area contributed by atoms with E-state index in [1.54, 1.807) is 18.3 Å². The van der Waals surface area contributed by atoms with E-state index in [0.29, 0.717) is 6.54 Å². The third-order valence-electron chi connectivity index (χ3n) is 3.65. The fourth-order valence-corrected chi connectivity index (χ4v) is 2.52. The van der Waals surface area contributed by atoms with Gasteiger partial charge in [-0.05, 0) is 23.3 Å². The van der Waals surface area contributed by atoms with E-state index in [1.807, 2.05) is 42.1 Å². The van der Waals surface area contributed by atoms with Crippen LogP contribution < -0.4 is 5.32 Å². The molecule has 0 saturated heterocycles. The Bertz CT molecular complexity index is 737. The lowest BCUT2D eigenvalue weighted by Crippen LogP contribution is -2.24. The number of halogens is 1. The highest BCUT2D eigenvalue weighted by Crippen LogP contribution is 2.21. The monoisotopic (exact) mass is 295 g/mol. The van der Waals surface area contributed by atoms with Crippen molar-refractivity contribution < 1.29 is 4.39 Å². The Morgan fingerprint density at radius 2 is 1.95 bits per heavy atom. The van der Waals surface area contributed by atoms with Crippen molar-refractivity contribution >= 4 is 0 Å². The van der Waals surface area contributed by atoms with Crippen LogP contribution in [0.1, 0.15) is 23.0 Å². The molecule has 1 unspecified atom stereocenters. The number of nitrogens with one attached hydrogen (secondary N) is 1. The van der Waals surface area contributed by atoms with Crippen molar-refractivity contribution in [1.29, 1.82) is 0 Å². The van der Waals surface area contributed by atoms with Crippen molar-refractivity contribution in [2.75, 3.05) is 0 Å². The van der Waals surface area contributed by atoms with Crippen molar-refractivity contribution in [2.45, 2.75) is 12.6 Å². The van der Waals surface area contributed by atoms with Crippen LogP contribution in [-0.4, -0.2) is 9.55 Å². The quantitative estimate of drug-likeness (QED) is 0.781. The van der Waals surface area contributed by atoms with Crippen LogP contribution in [0.4, 0.5) is 4.39 Å². The summed E-state index contributed by atoms with van der Waals surface area (Å²) in [7, 11) is 1.94. The minimum atomic E-state index is -0.238. The maximum Gasteiger partial charge on any atom is 0.130 e. The second kappa shape index (κ2) is 6.54. The summed E-state index contributed by atoms with van der Waals surface area (Å²) >= 11 is 0. The molecule has 3 nitrogen and oxygen atoms in total. The van der Waals surface area contributed by atoms with Crippen molar-refractivity contribution in [3.8, 4) is 0 Å². The average molecular weight is 295 g/mol. The fraction of sp³-hybridized carbons (Fsp3) is 0.167. The first-order valence-corrected chi connectivity index (χ1v) is 7.24. The lowest BCUT2D eigenvalue weighted by atomic mass is 10.1. The first kappa shape index (κ1) is 14.5. The molecule has 0 radical (unpaired) electrons. The molecule has 2 aromatic carbocycles. The van der Waals surface area contributed by atoms with Gasteiger partial charge in [0.2, 0.25) is 0 Å². The third-order valence-corrected chi connectivity index (χ3v) is 3.65. The maximum absolute atomic E-state index is 13.6. The molecule has 3 aromatic rings. The van der Waals surface area contributed by atoms with E-state index < -0.39 is 0 Å². The molecule has 1 heterocycles. The molecular formula is C18H18FN3. The van der Waals surface area contributed by atoms with Gasteiger partial charge in [0, 0.05) is 26.0 Å². The van der Waals surface area contributed by atoms with Gasteiger partial charge in [0.25, 0.3) is 0 Å². The minimum Gasteiger partial charge on any atom is -0.336 e. The summed E-state index contributed by atoms with van der Waals surface area (Å²) in [5.74, 6) is 0.625. The Labute approximate surface area is 129 Å². The van der Waals surface area contributed by atoms with E-state index in [2.05, 4.69) is 22.4 Å². The highest BCUT2D eigenvalue weighted by molar-refractivity contribution is 5.26. The Morgan fingerprint density at radius 3 is 2.64 bits per heavy atom. The van der Waals surface area contributed by atoms with Gasteiger partial charge in [0.15, 0.2) is 0 Å². The highest BCUT2D eigenvalue weighted by Gasteiger charge is 2.18. The third kappa shape index (κ3) is 3.23. The summed E-state index contributed by atoms with van der Waals surface area (Å²) in [4.78, 5) is 4.41. The van der Waals surface area contributed by atoms with Gasteiger partial charge < -0.3 is 4.57 Å². The maximum atomic E-state index is 13.6. The molecule has 0 amide bonds. The second-order valence-corrected chi connectivity index (χ2v) is 5.25. The summed E-state index contributed by atoms with van der Waals surface area (Å²) in [5.41, 5.74) is 2.04. The topological polar surface area (TPSA) is 29.9 Å². The van der Waals surface area contributed by atoms with Crippen molar-refractivity contribution in [2.24, 2.45) is 7.05 Å². The van der Waals surface area contributed by atoms with E-state index in [9.17, 15) is 4.39 Å². The largest absolute Gasteiger partial charge is 0.336 e. The van der Waals surface area contributed by atoms with Crippen LogP contribution in [0, 0.1) is 5.82 Å². The van der Waals surface area contributed by atoms with Crippen LogP contribution in [0.25, 0.3) is 0 Å². The number of imidazole rings is 1. The molecule has 1 N–H and O–H groups in total. The van der Waals surface area contributed by atoms with Gasteiger partial charge in [-0.2, -0.15) is 0 Å². The van der Waals surface area contributed by atoms with Crippen molar-refractivity contribution in [1.82, 2.24) is 14.9 Å². The van der Waals surface area contributed by atoms with Crippen LogP contribution in [0.5, 0.6) is 0 Å². The summed E-state index contributed by atoms with van der Waals surface area (Å²) in [6, 6.07) is 16.6. The first-order chi connectivity index (χ1) is 10.7. The Morgan fingerprint density at radius 1 is 1.14 bits per heavy atom. The minimum absolute atomic E-state index is 0.157. The molecule has 3 rings (SSSR count). The summed E-state index contributed by atoms with van der Waals surface area (Å²) < 4.78 is 15.5. The summed E-state index contributed by atoms with van der Waals surface area (Å²) in [5, 5.41) is 3.47. The first-order valence-electron chi connectivity index (χ1n) is 7.24. The van der Waals surface area contributed by atoms with Crippen LogP contribution in [-0.2, 0) is 13.6 Å². The standard InChI is InChI=1S/C18H18FN3/c1-22-11-10-20-18(22)17(15-8-5-9-16(19)12-15)21-13-14-6-3-2-4-7-14/h2-12,17,21H,13H2,1H3. The summed E-state index contributed by atoms with van der Waals surface area (Å²) in [6.07, 6.45) is 3.65. The predicted molar refractivity (Wildman–Crippen MR) is 84.7 cm³/mol. The summed E-state index contributed by atoms with van der Waals surface area (Å²) in [6.45, 7) is 0.689. The zero-order valence-corrected chi connectivity index (χ0v) is 12.4. The van der Waals surface area contributed by atoms with E-state index in [0.717, 1.165) is 11.4 Å². The molecule has 0 aliphatic carbocycles. The number of aromatic nitrogens is 2. The van der Waals surface area contributed by atoms with Gasteiger partial charge in [0.1, 0.15) is 11.6 Å². The molecule has 0 bridgehead atoms. The van der Waals surface area contributed by atoms with Crippen LogP contribution >= 0.6 is 0 Å². The van der Waals surface area contributed by atoms with E-state index in [4.69, 9.17) is 0 Å². The average Bonchev–Trinajstić information content (AvgIpc) is 2.95. The normalized spacial score (nSPS) is 12.3. The van der Waals surface area contributed by atoms with E-state index >= 15 is 0 Å². The van der Waals surface area contributed by atoms with Gasteiger partial charge in [-0.1, -0.05) is 42.5 Å². The zero-order chi connectivity index (χ0) is 15.4. The Balaban J connectivity index is 1.88. The lowest BCUT2D eigenvalue weighted by Gasteiger charge is -2.19. The van der Waals surface area contributed by atoms with Gasteiger partial charge in [-0.25, -0.2) is 9.37 Å². The SMILES string of the molecule is Cn1ccnc1C(NCc1ccccc1)c1cccc(F)c1. The Kier molecular flexibility index (Phi) is 4.30. The number of nitrogens with zero attached hydrogens (tertiary/aromatic N) is 2. The molecule has 22 heavy (non-hydrogen) atoms. The van der Waals surface area contributed by atoms with Gasteiger partial charge >= 0.3 is 0 Å². The van der Waals surface area contributed by atoms with Gasteiger partial charge in [-0.15, -0.1) is 0 Å². The van der Waals surface area contributed by atoms with Gasteiger partial charge in [-0.3, -0.25) is 5.32 Å². The molecule has 0 aliphatic rings. The van der Waals surface area contributed by atoms with Crippen molar-refractivity contribution in [3.63, 3.8) is 0 Å².